The highest BCUT2D eigenvalue weighted by atomic mass is 16.5. The summed E-state index contributed by atoms with van der Waals surface area (Å²) in [4.78, 5) is 22.5. The molecule has 0 saturated carbocycles. The van der Waals surface area contributed by atoms with Crippen molar-refractivity contribution >= 4 is 12.0 Å². The maximum absolute atomic E-state index is 11.9. The van der Waals surface area contributed by atoms with Gasteiger partial charge in [0.25, 0.3) is 0 Å². The highest BCUT2D eigenvalue weighted by Gasteiger charge is 2.07. The van der Waals surface area contributed by atoms with E-state index in [0.29, 0.717) is 12.3 Å². The van der Waals surface area contributed by atoms with Crippen LogP contribution < -0.4 is 10.4 Å². The third-order valence-electron chi connectivity index (χ3n) is 3.11. The predicted molar refractivity (Wildman–Crippen MR) is 78.4 cm³/mol. The molecule has 0 unspecified atom stereocenters. The Morgan fingerprint density at radius 1 is 1.38 bits per heavy atom. The molecule has 2 aromatic rings. The summed E-state index contributed by atoms with van der Waals surface area (Å²) in [6.07, 6.45) is 5.94. The molecule has 0 bridgehead atoms. The summed E-state index contributed by atoms with van der Waals surface area (Å²) in [7, 11) is 3.23. The van der Waals surface area contributed by atoms with Gasteiger partial charge in [0.05, 0.1) is 13.7 Å². The van der Waals surface area contributed by atoms with Crippen LogP contribution in [-0.2, 0) is 18.4 Å². The quantitative estimate of drug-likeness (QED) is 0.843. The number of imidazole rings is 1. The lowest BCUT2D eigenvalue weighted by Crippen LogP contribution is -2.22. The molecule has 0 spiro atoms. The Morgan fingerprint density at radius 3 is 2.71 bits per heavy atom. The van der Waals surface area contributed by atoms with Gasteiger partial charge in [-0.3, -0.25) is 4.57 Å². The number of methoxy groups -OCH3 is 1. The third-order valence-corrected chi connectivity index (χ3v) is 3.11. The van der Waals surface area contributed by atoms with Crippen LogP contribution in [0.4, 0.5) is 0 Å². The molecule has 0 aliphatic rings. The number of carboxylic acid groups (broad SMARTS) is 1. The zero-order chi connectivity index (χ0) is 15.4. The average Bonchev–Trinajstić information content (AvgIpc) is 2.77. The maximum Gasteiger partial charge on any atom is 0.328 e. The number of hydrogen-bond donors (Lipinski definition) is 1. The lowest BCUT2D eigenvalue weighted by atomic mass is 10.1. The van der Waals surface area contributed by atoms with E-state index in [1.807, 2.05) is 0 Å². The monoisotopic (exact) mass is 288 g/mol. The van der Waals surface area contributed by atoms with E-state index in [9.17, 15) is 9.59 Å². The van der Waals surface area contributed by atoms with Crippen molar-refractivity contribution < 1.29 is 14.6 Å². The first kappa shape index (κ1) is 14.6. The Bertz CT molecular complexity index is 740. The fraction of sp³-hybridized carbons (Fsp3) is 0.200. The standard InChI is InChI=1S/C15H16N2O4/c1-16-7-8-17(15(16)20)10-12-9-13(21-2)5-3-11(12)4-6-14(18)19/h3-9H,10H2,1-2H3,(H,18,19)/b6-4+. The first-order valence-electron chi connectivity index (χ1n) is 6.31. The van der Waals surface area contributed by atoms with Gasteiger partial charge in [0.1, 0.15) is 5.75 Å². The molecule has 0 saturated heterocycles. The number of ether oxygens (including phenoxy) is 1. The molecule has 1 aromatic heterocycles. The summed E-state index contributed by atoms with van der Waals surface area (Å²) in [5, 5.41) is 8.73. The van der Waals surface area contributed by atoms with Gasteiger partial charge in [-0.2, -0.15) is 0 Å². The predicted octanol–water partition coefficient (Wildman–Crippen LogP) is 1.34. The van der Waals surface area contributed by atoms with E-state index in [2.05, 4.69) is 0 Å². The van der Waals surface area contributed by atoms with Crippen molar-refractivity contribution in [2.75, 3.05) is 7.11 Å². The van der Waals surface area contributed by atoms with Crippen LogP contribution in [0.15, 0.2) is 41.5 Å². The molecule has 1 N–H and O–H groups in total. The van der Waals surface area contributed by atoms with E-state index in [4.69, 9.17) is 9.84 Å². The van der Waals surface area contributed by atoms with E-state index in [-0.39, 0.29) is 5.69 Å². The SMILES string of the molecule is COc1ccc(/C=C/C(=O)O)c(Cn2ccn(C)c2=O)c1. The van der Waals surface area contributed by atoms with Gasteiger partial charge in [0.15, 0.2) is 0 Å². The smallest absolute Gasteiger partial charge is 0.328 e. The summed E-state index contributed by atoms with van der Waals surface area (Å²) >= 11 is 0. The molecule has 1 heterocycles. The fourth-order valence-corrected chi connectivity index (χ4v) is 1.98. The van der Waals surface area contributed by atoms with E-state index in [0.717, 1.165) is 17.2 Å². The van der Waals surface area contributed by atoms with Crippen molar-refractivity contribution in [1.29, 1.82) is 0 Å². The summed E-state index contributed by atoms with van der Waals surface area (Å²) in [5.74, 6) is -0.366. The minimum Gasteiger partial charge on any atom is -0.497 e. The Hall–Kier alpha value is -2.76. The zero-order valence-electron chi connectivity index (χ0n) is 11.8. The fourth-order valence-electron chi connectivity index (χ4n) is 1.98. The Morgan fingerprint density at radius 2 is 2.14 bits per heavy atom. The van der Waals surface area contributed by atoms with Crippen molar-refractivity contribution in [1.82, 2.24) is 9.13 Å². The van der Waals surface area contributed by atoms with Crippen LogP contribution in [0.5, 0.6) is 5.75 Å². The average molecular weight is 288 g/mol. The van der Waals surface area contributed by atoms with Crippen LogP contribution in [0, 0.1) is 0 Å². The van der Waals surface area contributed by atoms with Crippen LogP contribution in [0.1, 0.15) is 11.1 Å². The van der Waals surface area contributed by atoms with Crippen LogP contribution in [0.2, 0.25) is 0 Å². The van der Waals surface area contributed by atoms with Crippen LogP contribution in [0.25, 0.3) is 6.08 Å². The number of hydrogen-bond acceptors (Lipinski definition) is 3. The lowest BCUT2D eigenvalue weighted by molar-refractivity contribution is -0.131. The summed E-state index contributed by atoms with van der Waals surface area (Å²) in [6, 6.07) is 5.31. The molecule has 1 aromatic carbocycles. The molecule has 110 valence electrons. The number of carbonyl (C=O) groups is 1. The molecule has 0 fully saturated rings. The van der Waals surface area contributed by atoms with Crippen LogP contribution >= 0.6 is 0 Å². The number of aryl methyl sites for hydroxylation is 1. The number of aliphatic carboxylic acids is 1. The highest BCUT2D eigenvalue weighted by molar-refractivity contribution is 5.85. The number of carboxylic acids is 1. The van der Waals surface area contributed by atoms with Gasteiger partial charge in [0, 0.05) is 25.5 Å². The van der Waals surface area contributed by atoms with Crippen molar-refractivity contribution in [3.05, 3.63) is 58.3 Å². The first-order valence-corrected chi connectivity index (χ1v) is 6.31. The molecule has 6 nitrogen and oxygen atoms in total. The molecule has 0 aliphatic carbocycles. The number of benzene rings is 1. The van der Waals surface area contributed by atoms with Gasteiger partial charge in [0.2, 0.25) is 0 Å². The Balaban J connectivity index is 2.41. The number of aromatic nitrogens is 2. The Labute approximate surface area is 121 Å². The van der Waals surface area contributed by atoms with Crippen molar-refractivity contribution in [2.24, 2.45) is 7.05 Å². The molecular formula is C15H16N2O4. The normalized spacial score (nSPS) is 11.0. The second kappa shape index (κ2) is 6.13. The molecule has 0 radical (unpaired) electrons. The van der Waals surface area contributed by atoms with Gasteiger partial charge in [-0.05, 0) is 29.3 Å². The molecule has 6 heteroatoms. The minimum atomic E-state index is -1.02. The van der Waals surface area contributed by atoms with Gasteiger partial charge >= 0.3 is 11.7 Å². The summed E-state index contributed by atoms with van der Waals surface area (Å²) < 4.78 is 8.20. The zero-order valence-corrected chi connectivity index (χ0v) is 11.8. The van der Waals surface area contributed by atoms with E-state index >= 15 is 0 Å². The van der Waals surface area contributed by atoms with Gasteiger partial charge < -0.3 is 14.4 Å². The minimum absolute atomic E-state index is 0.133. The molecule has 0 aliphatic heterocycles. The van der Waals surface area contributed by atoms with Crippen molar-refractivity contribution in [3.8, 4) is 5.75 Å². The third kappa shape index (κ3) is 3.42. The second-order valence-corrected chi connectivity index (χ2v) is 4.56. The lowest BCUT2D eigenvalue weighted by Gasteiger charge is -2.09. The topological polar surface area (TPSA) is 73.5 Å². The van der Waals surface area contributed by atoms with Gasteiger partial charge in [-0.15, -0.1) is 0 Å². The van der Waals surface area contributed by atoms with E-state index in [1.165, 1.54) is 10.6 Å². The maximum atomic E-state index is 11.9. The highest BCUT2D eigenvalue weighted by Crippen LogP contribution is 2.19. The summed E-state index contributed by atoms with van der Waals surface area (Å²) in [6.45, 7) is 0.343. The van der Waals surface area contributed by atoms with E-state index in [1.54, 1.807) is 49.3 Å². The number of rotatable bonds is 5. The molecule has 21 heavy (non-hydrogen) atoms. The Kier molecular flexibility index (Phi) is 4.27. The van der Waals surface area contributed by atoms with Crippen molar-refractivity contribution in [2.45, 2.75) is 6.54 Å². The van der Waals surface area contributed by atoms with Gasteiger partial charge in [-0.1, -0.05) is 6.07 Å². The number of nitrogens with zero attached hydrogens (tertiary/aromatic N) is 2. The van der Waals surface area contributed by atoms with Crippen LogP contribution in [-0.4, -0.2) is 27.3 Å². The van der Waals surface area contributed by atoms with Crippen molar-refractivity contribution in [3.63, 3.8) is 0 Å². The molecule has 0 atom stereocenters. The first-order chi connectivity index (χ1) is 10.0. The van der Waals surface area contributed by atoms with Crippen LogP contribution in [0.3, 0.4) is 0 Å². The molecule has 2 rings (SSSR count). The van der Waals surface area contributed by atoms with Gasteiger partial charge in [-0.25, -0.2) is 9.59 Å². The molecular weight excluding hydrogens is 272 g/mol. The largest absolute Gasteiger partial charge is 0.497 e. The second-order valence-electron chi connectivity index (χ2n) is 4.56. The summed E-state index contributed by atoms with van der Waals surface area (Å²) in [5.41, 5.74) is 1.40. The van der Waals surface area contributed by atoms with E-state index < -0.39 is 5.97 Å². The molecule has 0 amide bonds.